The molecule has 1 aromatic carbocycles. The smallest absolute Gasteiger partial charge is 0.229 e. The molecule has 4 N–H and O–H groups in total. The first-order chi connectivity index (χ1) is 15.6. The van der Waals surface area contributed by atoms with Crippen LogP contribution < -0.4 is 9.47 Å². The first-order valence-corrected chi connectivity index (χ1v) is 11.6. The van der Waals surface area contributed by atoms with Crippen molar-refractivity contribution >= 4 is 0 Å². The molecule has 1 saturated carbocycles. The third kappa shape index (κ3) is 4.86. The molecule has 1 aliphatic carbocycles. The zero-order valence-corrected chi connectivity index (χ0v) is 19.6. The van der Waals surface area contributed by atoms with Crippen molar-refractivity contribution in [2.45, 2.75) is 88.7 Å². The predicted molar refractivity (Wildman–Crippen MR) is 117 cm³/mol. The molecule has 1 aromatic rings. The second kappa shape index (κ2) is 9.65. The van der Waals surface area contributed by atoms with E-state index in [4.69, 9.17) is 23.7 Å². The van der Waals surface area contributed by atoms with Gasteiger partial charge in [0.15, 0.2) is 17.8 Å². The van der Waals surface area contributed by atoms with Crippen LogP contribution in [0.5, 0.6) is 11.5 Å². The number of ether oxygens (including phenoxy) is 5. The first kappa shape index (κ1) is 24.7. The molecule has 2 saturated heterocycles. The van der Waals surface area contributed by atoms with Gasteiger partial charge in [-0.25, -0.2) is 0 Å². The summed E-state index contributed by atoms with van der Waals surface area (Å²) in [5.74, 6) is 1.60. The number of hydrogen-bond donors (Lipinski definition) is 4. The molecule has 186 valence electrons. The molecule has 0 amide bonds. The van der Waals surface area contributed by atoms with Gasteiger partial charge in [-0.15, -0.1) is 0 Å². The molecule has 0 bridgehead atoms. The fourth-order valence-corrected chi connectivity index (χ4v) is 5.19. The molecule has 9 nitrogen and oxygen atoms in total. The summed E-state index contributed by atoms with van der Waals surface area (Å²) < 4.78 is 29.4. The predicted octanol–water partition coefficient (Wildman–Crippen LogP) is 1.50. The average molecular weight is 469 g/mol. The summed E-state index contributed by atoms with van der Waals surface area (Å²) in [6, 6.07) is 5.22. The van der Waals surface area contributed by atoms with Crippen LogP contribution in [0.3, 0.4) is 0 Å². The molecule has 2 heterocycles. The summed E-state index contributed by atoms with van der Waals surface area (Å²) in [7, 11) is 1.49. The summed E-state index contributed by atoms with van der Waals surface area (Å²) in [6.07, 6.45) is -4.01. The van der Waals surface area contributed by atoms with Gasteiger partial charge in [0.2, 0.25) is 6.29 Å². The summed E-state index contributed by atoms with van der Waals surface area (Å²) in [6.45, 7) is 5.95. The van der Waals surface area contributed by atoms with Gasteiger partial charge < -0.3 is 44.1 Å². The molecular formula is C24H36O9. The number of benzene rings is 1. The van der Waals surface area contributed by atoms with Crippen LogP contribution in [0.15, 0.2) is 18.2 Å². The zero-order chi connectivity index (χ0) is 23.9. The summed E-state index contributed by atoms with van der Waals surface area (Å²) >= 11 is 0. The van der Waals surface area contributed by atoms with Crippen molar-refractivity contribution in [3.8, 4) is 11.5 Å². The van der Waals surface area contributed by atoms with Crippen molar-refractivity contribution in [2.24, 2.45) is 11.8 Å². The lowest BCUT2D eigenvalue weighted by molar-refractivity contribution is -0.314. The fraction of sp³-hybridized carbons (Fsp3) is 0.750. The van der Waals surface area contributed by atoms with Crippen molar-refractivity contribution < 1.29 is 44.1 Å². The Hall–Kier alpha value is -1.46. The van der Waals surface area contributed by atoms with Crippen LogP contribution >= 0.6 is 0 Å². The molecule has 3 fully saturated rings. The maximum absolute atomic E-state index is 10.3. The lowest BCUT2D eigenvalue weighted by atomic mass is 9.72. The second-order valence-corrected chi connectivity index (χ2v) is 9.98. The van der Waals surface area contributed by atoms with Crippen LogP contribution in [-0.4, -0.2) is 76.6 Å². The minimum atomic E-state index is -1.52. The highest BCUT2D eigenvalue weighted by Gasteiger charge is 2.48. The van der Waals surface area contributed by atoms with E-state index in [1.165, 1.54) is 13.5 Å². The van der Waals surface area contributed by atoms with Crippen molar-refractivity contribution in [3.05, 3.63) is 23.8 Å². The van der Waals surface area contributed by atoms with Crippen molar-refractivity contribution in [1.29, 1.82) is 0 Å². The lowest BCUT2D eigenvalue weighted by Gasteiger charge is -2.50. The Balaban J connectivity index is 1.52. The molecule has 0 spiro atoms. The van der Waals surface area contributed by atoms with E-state index in [9.17, 15) is 20.4 Å². The monoisotopic (exact) mass is 468 g/mol. The molecular weight excluding hydrogens is 432 g/mol. The topological polar surface area (TPSA) is 127 Å². The second-order valence-electron chi connectivity index (χ2n) is 9.98. The Morgan fingerprint density at radius 1 is 1.03 bits per heavy atom. The molecule has 9 heteroatoms. The van der Waals surface area contributed by atoms with Crippen LogP contribution in [0.1, 0.15) is 51.9 Å². The normalized spacial score (nSPS) is 40.7. The Labute approximate surface area is 194 Å². The largest absolute Gasteiger partial charge is 0.493 e. The van der Waals surface area contributed by atoms with Gasteiger partial charge in [0.25, 0.3) is 0 Å². The van der Waals surface area contributed by atoms with Crippen molar-refractivity contribution in [2.75, 3.05) is 13.7 Å². The Kier molecular flexibility index (Phi) is 7.21. The van der Waals surface area contributed by atoms with Crippen LogP contribution in [0.2, 0.25) is 0 Å². The van der Waals surface area contributed by atoms with Crippen molar-refractivity contribution in [3.63, 3.8) is 0 Å². The van der Waals surface area contributed by atoms with Gasteiger partial charge in [-0.05, 0) is 50.8 Å². The standard InChI is InChI=1S/C24H36O9/c1-12-5-7-14-16(9-12)31-22(33-24(14,2)3)13-6-8-15(17(10-13)29-4)30-23-21(28)20(27)19(26)18(11-25)32-23/h6,8,10,12,14,16,18-23,25-28H,5,7,9,11H2,1-4H3/t12-,14?,16+,18-,19-,20+,21-,22?,23-/m1/s1. The molecule has 2 unspecified atom stereocenters. The summed E-state index contributed by atoms with van der Waals surface area (Å²) in [5.41, 5.74) is 0.449. The molecule has 33 heavy (non-hydrogen) atoms. The van der Waals surface area contributed by atoms with Gasteiger partial charge in [-0.2, -0.15) is 0 Å². The number of aliphatic hydroxyl groups excluding tert-OH is 4. The maximum atomic E-state index is 10.3. The number of fused-ring (bicyclic) bond motifs is 1. The van der Waals surface area contributed by atoms with Crippen LogP contribution in [0.25, 0.3) is 0 Å². The first-order valence-electron chi connectivity index (χ1n) is 11.6. The van der Waals surface area contributed by atoms with Crippen LogP contribution in [0.4, 0.5) is 0 Å². The summed E-state index contributed by atoms with van der Waals surface area (Å²) in [4.78, 5) is 0. The lowest BCUT2D eigenvalue weighted by Crippen LogP contribution is -2.60. The van der Waals surface area contributed by atoms with Gasteiger partial charge in [0.05, 0.1) is 25.4 Å². The Bertz CT molecular complexity index is 813. The number of aliphatic hydroxyl groups is 4. The highest BCUT2D eigenvalue weighted by atomic mass is 16.7. The fourth-order valence-electron chi connectivity index (χ4n) is 5.19. The van der Waals surface area contributed by atoms with Crippen LogP contribution in [0, 0.1) is 11.8 Å². The van der Waals surface area contributed by atoms with Gasteiger partial charge in [-0.1, -0.05) is 13.3 Å². The van der Waals surface area contributed by atoms with Gasteiger partial charge in [0.1, 0.15) is 24.4 Å². The number of methoxy groups -OCH3 is 1. The zero-order valence-electron chi connectivity index (χ0n) is 19.6. The highest BCUT2D eigenvalue weighted by Crippen LogP contribution is 2.47. The number of hydrogen-bond acceptors (Lipinski definition) is 9. The average Bonchev–Trinajstić information content (AvgIpc) is 2.78. The third-order valence-corrected chi connectivity index (χ3v) is 7.21. The molecule has 4 rings (SSSR count). The Morgan fingerprint density at radius 2 is 1.79 bits per heavy atom. The molecule has 9 atom stereocenters. The molecule has 0 aromatic heterocycles. The van der Waals surface area contributed by atoms with E-state index in [-0.39, 0.29) is 17.5 Å². The maximum Gasteiger partial charge on any atom is 0.229 e. The molecule has 3 aliphatic rings. The Morgan fingerprint density at radius 3 is 2.48 bits per heavy atom. The minimum absolute atomic E-state index is 0.124. The van der Waals surface area contributed by atoms with Crippen LogP contribution in [-0.2, 0) is 14.2 Å². The van der Waals surface area contributed by atoms with Gasteiger partial charge in [0, 0.05) is 11.5 Å². The number of rotatable bonds is 5. The molecule has 0 radical (unpaired) electrons. The van der Waals surface area contributed by atoms with E-state index in [2.05, 4.69) is 20.8 Å². The molecule has 2 aliphatic heterocycles. The summed E-state index contributed by atoms with van der Waals surface area (Å²) in [5, 5.41) is 39.6. The quantitative estimate of drug-likeness (QED) is 0.508. The minimum Gasteiger partial charge on any atom is -0.493 e. The van der Waals surface area contributed by atoms with E-state index in [0.29, 0.717) is 17.6 Å². The van der Waals surface area contributed by atoms with Crippen molar-refractivity contribution in [1.82, 2.24) is 0 Å². The third-order valence-electron chi connectivity index (χ3n) is 7.21. The SMILES string of the molecule is COc1cc(C2O[C@H]3C[C@H](C)CCC3C(C)(C)O2)ccc1O[C@@H]1O[C@H](CO)[C@@H](O)[C@H](O)[C@H]1O. The van der Waals surface area contributed by atoms with E-state index in [1.807, 2.05) is 0 Å². The van der Waals surface area contributed by atoms with E-state index in [1.54, 1.807) is 18.2 Å². The van der Waals surface area contributed by atoms with E-state index in [0.717, 1.165) is 18.4 Å². The highest BCUT2D eigenvalue weighted by molar-refractivity contribution is 5.43. The van der Waals surface area contributed by atoms with E-state index >= 15 is 0 Å². The van der Waals surface area contributed by atoms with Gasteiger partial charge >= 0.3 is 0 Å². The van der Waals surface area contributed by atoms with E-state index < -0.39 is 43.6 Å². The van der Waals surface area contributed by atoms with Gasteiger partial charge in [-0.3, -0.25) is 0 Å².